The fraction of sp³-hybridized carbons (Fsp3) is 0.346. The number of nitrogens with one attached hydrogen (secondary N) is 2. The minimum atomic E-state index is -4.56. The van der Waals surface area contributed by atoms with Crippen LogP contribution in [0.15, 0.2) is 61.1 Å². The third-order valence-corrected chi connectivity index (χ3v) is 5.89. The molecular formula is C26H28F3N5O2. The van der Waals surface area contributed by atoms with Gasteiger partial charge < -0.3 is 15.4 Å². The number of ether oxygens (including phenoxy) is 1. The first-order valence-electron chi connectivity index (χ1n) is 11.8. The highest BCUT2D eigenvalue weighted by molar-refractivity contribution is 5.93. The second-order valence-corrected chi connectivity index (χ2v) is 8.55. The Balaban J connectivity index is 1.40. The number of amides is 1. The van der Waals surface area contributed by atoms with Gasteiger partial charge in [0, 0.05) is 49.0 Å². The van der Waals surface area contributed by atoms with Crippen LogP contribution in [-0.4, -0.2) is 47.0 Å². The smallest absolute Gasteiger partial charge is 0.419 e. The number of anilines is 2. The summed E-state index contributed by atoms with van der Waals surface area (Å²) in [4.78, 5) is 23.2. The molecule has 1 saturated heterocycles. The van der Waals surface area contributed by atoms with Crippen molar-refractivity contribution < 1.29 is 22.7 Å². The summed E-state index contributed by atoms with van der Waals surface area (Å²) in [5.74, 6) is -0.110. The lowest BCUT2D eigenvalue weighted by atomic mass is 10.1. The van der Waals surface area contributed by atoms with Crippen LogP contribution in [0.4, 0.5) is 24.7 Å². The zero-order valence-electron chi connectivity index (χ0n) is 19.7. The molecule has 1 aliphatic heterocycles. The van der Waals surface area contributed by atoms with Gasteiger partial charge in [0.15, 0.2) is 0 Å². The predicted octanol–water partition coefficient (Wildman–Crippen LogP) is 4.76. The van der Waals surface area contributed by atoms with E-state index in [4.69, 9.17) is 4.74 Å². The Labute approximate surface area is 207 Å². The maximum absolute atomic E-state index is 13.5. The van der Waals surface area contributed by atoms with Gasteiger partial charge in [0.2, 0.25) is 5.91 Å². The summed E-state index contributed by atoms with van der Waals surface area (Å²) in [5, 5.41) is 5.89. The van der Waals surface area contributed by atoms with Crippen LogP contribution in [0.3, 0.4) is 0 Å². The molecule has 0 spiro atoms. The molecule has 1 fully saturated rings. The van der Waals surface area contributed by atoms with Gasteiger partial charge in [-0.2, -0.15) is 13.2 Å². The van der Waals surface area contributed by atoms with Crippen LogP contribution in [0, 0.1) is 0 Å². The second-order valence-electron chi connectivity index (χ2n) is 8.55. The molecule has 10 heteroatoms. The number of halogens is 3. The van der Waals surface area contributed by atoms with Gasteiger partial charge in [-0.15, -0.1) is 0 Å². The van der Waals surface area contributed by atoms with Crippen molar-refractivity contribution in [2.24, 2.45) is 0 Å². The molecule has 1 aliphatic rings. The first kappa shape index (κ1) is 25.4. The van der Waals surface area contributed by atoms with E-state index in [-0.39, 0.29) is 30.4 Å². The summed E-state index contributed by atoms with van der Waals surface area (Å²) < 4.78 is 46.0. The van der Waals surface area contributed by atoms with E-state index in [1.807, 2.05) is 12.1 Å². The van der Waals surface area contributed by atoms with Crippen molar-refractivity contribution in [3.05, 3.63) is 77.7 Å². The van der Waals surface area contributed by atoms with E-state index >= 15 is 0 Å². The average Bonchev–Trinajstić information content (AvgIpc) is 3.37. The SMILES string of the molecule is O=C(Cc1cccnc1NCc1ccncc1)Nc1ccc(C(F)(F)F)c(OCCN2CCCC2)c1. The zero-order valence-corrected chi connectivity index (χ0v) is 19.7. The third kappa shape index (κ3) is 7.17. The molecule has 0 unspecified atom stereocenters. The van der Waals surface area contributed by atoms with Crippen LogP contribution in [0.1, 0.15) is 29.5 Å². The number of rotatable bonds is 10. The van der Waals surface area contributed by atoms with Gasteiger partial charge in [-0.25, -0.2) is 4.98 Å². The van der Waals surface area contributed by atoms with Gasteiger partial charge in [-0.05, 0) is 61.8 Å². The molecule has 0 radical (unpaired) electrons. The Kier molecular flexibility index (Phi) is 8.37. The van der Waals surface area contributed by atoms with E-state index < -0.39 is 11.7 Å². The van der Waals surface area contributed by atoms with Crippen molar-refractivity contribution in [2.75, 3.05) is 36.9 Å². The van der Waals surface area contributed by atoms with Gasteiger partial charge in [0.1, 0.15) is 18.2 Å². The molecule has 4 rings (SSSR count). The van der Waals surface area contributed by atoms with E-state index in [1.54, 1.807) is 30.7 Å². The van der Waals surface area contributed by atoms with E-state index in [2.05, 4.69) is 25.5 Å². The first-order valence-corrected chi connectivity index (χ1v) is 11.8. The number of hydrogen-bond acceptors (Lipinski definition) is 6. The summed E-state index contributed by atoms with van der Waals surface area (Å²) in [6, 6.07) is 10.7. The van der Waals surface area contributed by atoms with Gasteiger partial charge >= 0.3 is 6.18 Å². The fourth-order valence-electron chi connectivity index (χ4n) is 4.05. The van der Waals surface area contributed by atoms with Crippen LogP contribution in [0.2, 0.25) is 0 Å². The number of benzene rings is 1. The lowest BCUT2D eigenvalue weighted by Gasteiger charge is -2.18. The second kappa shape index (κ2) is 11.9. The van der Waals surface area contributed by atoms with Gasteiger partial charge in [-0.3, -0.25) is 14.7 Å². The molecule has 190 valence electrons. The molecule has 2 aromatic heterocycles. The first-order chi connectivity index (χ1) is 17.4. The topological polar surface area (TPSA) is 79.4 Å². The van der Waals surface area contributed by atoms with Crippen molar-refractivity contribution in [3.63, 3.8) is 0 Å². The van der Waals surface area contributed by atoms with Crippen LogP contribution in [0.25, 0.3) is 0 Å². The maximum Gasteiger partial charge on any atom is 0.419 e. The summed E-state index contributed by atoms with van der Waals surface area (Å²) >= 11 is 0. The quantitative estimate of drug-likeness (QED) is 0.419. The standard InChI is InChI=1S/C26H28F3N5O2/c27-26(28,29)22-6-5-21(17-23(22)36-15-14-34-12-1-2-13-34)33-24(35)16-20-4-3-9-31-25(20)32-18-19-7-10-30-11-8-19/h3-11,17H,1-2,12-16,18H2,(H,31,32)(H,33,35). The normalized spacial score (nSPS) is 14.0. The third-order valence-electron chi connectivity index (χ3n) is 5.89. The van der Waals surface area contributed by atoms with Crippen LogP contribution in [0.5, 0.6) is 5.75 Å². The zero-order chi connectivity index (χ0) is 25.4. The molecule has 3 heterocycles. The number of pyridine rings is 2. The molecule has 0 aliphatic carbocycles. The lowest BCUT2D eigenvalue weighted by Crippen LogP contribution is -2.25. The molecule has 0 atom stereocenters. The van der Waals surface area contributed by atoms with E-state index in [0.717, 1.165) is 37.6 Å². The van der Waals surface area contributed by atoms with E-state index in [9.17, 15) is 18.0 Å². The monoisotopic (exact) mass is 499 g/mol. The minimum Gasteiger partial charge on any atom is -0.492 e. The van der Waals surface area contributed by atoms with Crippen molar-refractivity contribution in [2.45, 2.75) is 32.0 Å². The maximum atomic E-state index is 13.5. The van der Waals surface area contributed by atoms with E-state index in [0.29, 0.717) is 24.5 Å². The Morgan fingerprint density at radius 1 is 1.06 bits per heavy atom. The largest absolute Gasteiger partial charge is 0.492 e. The number of carbonyl (C=O) groups excluding carboxylic acids is 1. The predicted molar refractivity (Wildman–Crippen MR) is 131 cm³/mol. The van der Waals surface area contributed by atoms with Gasteiger partial charge in [0.25, 0.3) is 0 Å². The van der Waals surface area contributed by atoms with Crippen molar-refractivity contribution in [1.29, 1.82) is 0 Å². The van der Waals surface area contributed by atoms with E-state index in [1.165, 1.54) is 12.1 Å². The molecule has 0 saturated carbocycles. The number of carbonyl (C=O) groups is 1. The van der Waals surface area contributed by atoms with Crippen LogP contribution >= 0.6 is 0 Å². The Bertz CT molecular complexity index is 1150. The van der Waals surface area contributed by atoms with Crippen molar-refractivity contribution in [3.8, 4) is 5.75 Å². The summed E-state index contributed by atoms with van der Waals surface area (Å²) in [6.45, 7) is 3.07. The summed E-state index contributed by atoms with van der Waals surface area (Å²) in [7, 11) is 0. The molecule has 7 nitrogen and oxygen atoms in total. The molecule has 1 aromatic carbocycles. The highest BCUT2D eigenvalue weighted by Gasteiger charge is 2.34. The molecular weight excluding hydrogens is 471 g/mol. The molecule has 3 aromatic rings. The van der Waals surface area contributed by atoms with Gasteiger partial charge in [-0.1, -0.05) is 6.07 Å². The Morgan fingerprint density at radius 3 is 2.58 bits per heavy atom. The Hall–Kier alpha value is -3.66. The minimum absolute atomic E-state index is 0.00130. The molecule has 1 amide bonds. The fourth-order valence-corrected chi connectivity index (χ4v) is 4.05. The number of hydrogen-bond donors (Lipinski definition) is 2. The van der Waals surface area contributed by atoms with Crippen LogP contribution in [-0.2, 0) is 23.9 Å². The van der Waals surface area contributed by atoms with Crippen LogP contribution < -0.4 is 15.4 Å². The molecule has 2 N–H and O–H groups in total. The van der Waals surface area contributed by atoms with Gasteiger partial charge in [0.05, 0.1) is 12.0 Å². The van der Waals surface area contributed by atoms with Crippen molar-refractivity contribution >= 4 is 17.4 Å². The number of alkyl halides is 3. The summed E-state index contributed by atoms with van der Waals surface area (Å²) in [6.07, 6.45) is 2.63. The number of aromatic nitrogens is 2. The number of nitrogens with zero attached hydrogens (tertiary/aromatic N) is 3. The highest BCUT2D eigenvalue weighted by Crippen LogP contribution is 2.37. The Morgan fingerprint density at radius 2 is 1.83 bits per heavy atom. The number of likely N-dealkylation sites (tertiary alicyclic amines) is 1. The summed E-state index contributed by atoms with van der Waals surface area (Å²) in [5.41, 5.74) is 1.04. The highest BCUT2D eigenvalue weighted by atomic mass is 19.4. The molecule has 0 bridgehead atoms. The lowest BCUT2D eigenvalue weighted by molar-refractivity contribution is -0.139. The van der Waals surface area contributed by atoms with Crippen molar-refractivity contribution in [1.82, 2.24) is 14.9 Å². The molecule has 36 heavy (non-hydrogen) atoms. The average molecular weight is 500 g/mol.